The first-order valence-corrected chi connectivity index (χ1v) is 6.78. The molecule has 4 heteroatoms. The summed E-state index contributed by atoms with van der Waals surface area (Å²) in [4.78, 5) is 2.14. The SMILES string of the molecule is CN(Cc1ccccc1Cl)Cc1c(N)cccc1Cl. The van der Waals surface area contributed by atoms with Crippen LogP contribution in [0.2, 0.25) is 10.0 Å². The van der Waals surface area contributed by atoms with Gasteiger partial charge in [-0.05, 0) is 30.8 Å². The van der Waals surface area contributed by atoms with Gasteiger partial charge in [-0.15, -0.1) is 0 Å². The van der Waals surface area contributed by atoms with Crippen LogP contribution in [0, 0.1) is 0 Å². The van der Waals surface area contributed by atoms with Gasteiger partial charge >= 0.3 is 0 Å². The summed E-state index contributed by atoms with van der Waals surface area (Å²) in [5.41, 5.74) is 8.73. The monoisotopic (exact) mass is 294 g/mol. The van der Waals surface area contributed by atoms with Crippen LogP contribution >= 0.6 is 23.2 Å². The molecular formula is C15H16Cl2N2. The van der Waals surface area contributed by atoms with Crippen molar-refractivity contribution in [1.82, 2.24) is 4.90 Å². The zero-order chi connectivity index (χ0) is 13.8. The molecule has 0 spiro atoms. The minimum absolute atomic E-state index is 0.691. The van der Waals surface area contributed by atoms with E-state index in [0.29, 0.717) is 11.6 Å². The fourth-order valence-electron chi connectivity index (χ4n) is 1.99. The van der Waals surface area contributed by atoms with Crippen LogP contribution in [0.4, 0.5) is 5.69 Å². The van der Waals surface area contributed by atoms with Crippen molar-refractivity contribution in [3.05, 3.63) is 63.6 Å². The number of nitrogens with two attached hydrogens (primary N) is 1. The summed E-state index contributed by atoms with van der Waals surface area (Å²) in [6, 6.07) is 13.4. The predicted octanol–water partition coefficient (Wildman–Crippen LogP) is 4.21. The van der Waals surface area contributed by atoms with Gasteiger partial charge in [-0.25, -0.2) is 0 Å². The molecule has 0 saturated heterocycles. The summed E-state index contributed by atoms with van der Waals surface area (Å²) < 4.78 is 0. The number of nitrogens with zero attached hydrogens (tertiary/aromatic N) is 1. The highest BCUT2D eigenvalue weighted by Crippen LogP contribution is 2.24. The van der Waals surface area contributed by atoms with Crippen LogP contribution in [-0.2, 0) is 13.1 Å². The molecule has 2 aromatic rings. The van der Waals surface area contributed by atoms with E-state index in [9.17, 15) is 0 Å². The van der Waals surface area contributed by atoms with E-state index in [-0.39, 0.29) is 0 Å². The zero-order valence-corrected chi connectivity index (χ0v) is 12.2. The van der Waals surface area contributed by atoms with Crippen LogP contribution in [0.5, 0.6) is 0 Å². The van der Waals surface area contributed by atoms with Crippen LogP contribution < -0.4 is 5.73 Å². The van der Waals surface area contributed by atoms with Gasteiger partial charge in [0.15, 0.2) is 0 Å². The third-order valence-electron chi connectivity index (χ3n) is 2.98. The van der Waals surface area contributed by atoms with Gasteiger partial charge in [0, 0.05) is 34.4 Å². The lowest BCUT2D eigenvalue weighted by molar-refractivity contribution is 0.320. The molecule has 0 amide bonds. The van der Waals surface area contributed by atoms with E-state index in [1.165, 1.54) is 0 Å². The Morgan fingerprint density at radius 3 is 2.32 bits per heavy atom. The van der Waals surface area contributed by atoms with Crippen molar-refractivity contribution in [3.63, 3.8) is 0 Å². The zero-order valence-electron chi connectivity index (χ0n) is 10.7. The molecule has 0 fully saturated rings. The standard InChI is InChI=1S/C15H16Cl2N2/c1-19(9-11-5-2-3-6-13(11)16)10-12-14(17)7-4-8-15(12)18/h2-8H,9-10,18H2,1H3. The predicted molar refractivity (Wildman–Crippen MR) is 82.5 cm³/mol. The van der Waals surface area contributed by atoms with Crippen LogP contribution in [0.25, 0.3) is 0 Å². The Bertz CT molecular complexity index is 550. The lowest BCUT2D eigenvalue weighted by Crippen LogP contribution is -2.18. The summed E-state index contributed by atoms with van der Waals surface area (Å²) >= 11 is 12.3. The molecule has 0 heterocycles. The van der Waals surface area contributed by atoms with Crippen LogP contribution in [0.15, 0.2) is 42.5 Å². The normalized spacial score (nSPS) is 10.9. The Morgan fingerprint density at radius 1 is 0.947 bits per heavy atom. The molecule has 2 nitrogen and oxygen atoms in total. The van der Waals surface area contributed by atoms with Gasteiger partial charge in [-0.3, -0.25) is 4.90 Å². The van der Waals surface area contributed by atoms with Crippen molar-refractivity contribution in [2.24, 2.45) is 0 Å². The number of hydrogen-bond donors (Lipinski definition) is 1. The van der Waals surface area contributed by atoms with Gasteiger partial charge in [-0.1, -0.05) is 47.5 Å². The highest BCUT2D eigenvalue weighted by Gasteiger charge is 2.09. The number of anilines is 1. The molecule has 0 aliphatic carbocycles. The molecule has 19 heavy (non-hydrogen) atoms. The quantitative estimate of drug-likeness (QED) is 0.856. The highest BCUT2D eigenvalue weighted by molar-refractivity contribution is 6.31. The van der Waals surface area contributed by atoms with E-state index in [4.69, 9.17) is 28.9 Å². The molecule has 0 radical (unpaired) electrons. The molecule has 0 aliphatic rings. The van der Waals surface area contributed by atoms with E-state index < -0.39 is 0 Å². The Morgan fingerprint density at radius 2 is 1.63 bits per heavy atom. The Labute approximate surface area is 123 Å². The second-order valence-electron chi connectivity index (χ2n) is 4.57. The fourth-order valence-corrected chi connectivity index (χ4v) is 2.42. The van der Waals surface area contributed by atoms with Crippen molar-refractivity contribution in [2.75, 3.05) is 12.8 Å². The molecule has 0 aromatic heterocycles. The number of halogens is 2. The first-order chi connectivity index (χ1) is 9.08. The largest absolute Gasteiger partial charge is 0.398 e. The van der Waals surface area contributed by atoms with Gasteiger partial charge in [0.2, 0.25) is 0 Å². The maximum atomic E-state index is 6.18. The average Bonchev–Trinajstić information content (AvgIpc) is 2.37. The van der Waals surface area contributed by atoms with Gasteiger partial charge in [-0.2, -0.15) is 0 Å². The molecule has 0 saturated carbocycles. The molecule has 2 aromatic carbocycles. The van der Waals surface area contributed by atoms with Crippen LogP contribution in [0.3, 0.4) is 0 Å². The summed E-state index contributed by atoms with van der Waals surface area (Å²) in [6.07, 6.45) is 0. The second kappa shape index (κ2) is 6.29. The first-order valence-electron chi connectivity index (χ1n) is 6.02. The molecule has 100 valence electrons. The summed E-state index contributed by atoms with van der Waals surface area (Å²) in [7, 11) is 2.02. The smallest absolute Gasteiger partial charge is 0.0471 e. The third kappa shape index (κ3) is 3.63. The van der Waals surface area contributed by atoms with Crippen LogP contribution in [-0.4, -0.2) is 11.9 Å². The van der Waals surface area contributed by atoms with Gasteiger partial charge in [0.25, 0.3) is 0 Å². The second-order valence-corrected chi connectivity index (χ2v) is 5.39. The molecular weight excluding hydrogens is 279 g/mol. The number of hydrogen-bond acceptors (Lipinski definition) is 2. The highest BCUT2D eigenvalue weighted by atomic mass is 35.5. The number of benzene rings is 2. The fraction of sp³-hybridized carbons (Fsp3) is 0.200. The summed E-state index contributed by atoms with van der Waals surface area (Å²) in [5.74, 6) is 0. The van der Waals surface area contributed by atoms with E-state index in [0.717, 1.165) is 28.4 Å². The van der Waals surface area contributed by atoms with Gasteiger partial charge in [0.1, 0.15) is 0 Å². The van der Waals surface area contributed by atoms with E-state index in [2.05, 4.69) is 4.90 Å². The third-order valence-corrected chi connectivity index (χ3v) is 3.70. The minimum atomic E-state index is 0.691. The summed E-state index contributed by atoms with van der Waals surface area (Å²) in [5, 5.41) is 1.48. The first kappa shape index (κ1) is 14.2. The molecule has 0 aliphatic heterocycles. The summed E-state index contributed by atoms with van der Waals surface area (Å²) in [6.45, 7) is 1.45. The Hall–Kier alpha value is -1.22. The Balaban J connectivity index is 2.10. The van der Waals surface area contributed by atoms with Crippen molar-refractivity contribution >= 4 is 28.9 Å². The minimum Gasteiger partial charge on any atom is -0.398 e. The van der Waals surface area contributed by atoms with E-state index in [1.807, 2.05) is 49.5 Å². The van der Waals surface area contributed by atoms with E-state index in [1.54, 1.807) is 0 Å². The molecule has 0 atom stereocenters. The average molecular weight is 295 g/mol. The van der Waals surface area contributed by atoms with Gasteiger partial charge in [0.05, 0.1) is 0 Å². The number of rotatable bonds is 4. The van der Waals surface area contributed by atoms with Crippen molar-refractivity contribution in [2.45, 2.75) is 13.1 Å². The van der Waals surface area contributed by atoms with Crippen molar-refractivity contribution in [3.8, 4) is 0 Å². The topological polar surface area (TPSA) is 29.3 Å². The van der Waals surface area contributed by atoms with Crippen molar-refractivity contribution in [1.29, 1.82) is 0 Å². The molecule has 2 rings (SSSR count). The molecule has 0 bridgehead atoms. The lowest BCUT2D eigenvalue weighted by atomic mass is 10.1. The maximum Gasteiger partial charge on any atom is 0.0471 e. The Kier molecular flexibility index (Phi) is 4.70. The maximum absolute atomic E-state index is 6.18. The number of nitrogen functional groups attached to an aromatic ring is 1. The van der Waals surface area contributed by atoms with Crippen LogP contribution in [0.1, 0.15) is 11.1 Å². The van der Waals surface area contributed by atoms with Gasteiger partial charge < -0.3 is 5.73 Å². The van der Waals surface area contributed by atoms with E-state index >= 15 is 0 Å². The molecule has 0 unspecified atom stereocenters. The van der Waals surface area contributed by atoms with Crippen molar-refractivity contribution < 1.29 is 0 Å². The molecule has 2 N–H and O–H groups in total. The lowest BCUT2D eigenvalue weighted by Gasteiger charge is -2.19.